The van der Waals surface area contributed by atoms with Gasteiger partial charge in [-0.25, -0.2) is 0 Å². The number of hydrogen-bond acceptors (Lipinski definition) is 6. The Labute approximate surface area is 132 Å². The Balaban J connectivity index is 1.74. The van der Waals surface area contributed by atoms with Gasteiger partial charge in [-0.05, 0) is 54.9 Å². The standard InChI is InChI=1S/C16H17NO4S/c17-6-2-1-3-11-15(18)14(22-16(11)19)8-10-4-5-12-13(7-10)21-9-20-12/h4-5,7-8,11H,1-3,6,9,17H2/b14-8-. The highest BCUT2D eigenvalue weighted by Crippen LogP contribution is 2.38. The Morgan fingerprint density at radius 1 is 1.23 bits per heavy atom. The Bertz CT molecular complexity index is 641. The number of unbranched alkanes of at least 4 members (excludes halogenated alkanes) is 1. The highest BCUT2D eigenvalue weighted by atomic mass is 32.2. The molecule has 22 heavy (non-hydrogen) atoms. The SMILES string of the molecule is NCCCCC1C(=O)S/C(=C\c2ccc3c(c2)OCO3)C1=O. The lowest BCUT2D eigenvalue weighted by molar-refractivity contribution is -0.124. The third-order valence-electron chi connectivity index (χ3n) is 3.70. The van der Waals surface area contributed by atoms with Crippen molar-refractivity contribution in [2.45, 2.75) is 19.3 Å². The molecular weight excluding hydrogens is 302 g/mol. The molecule has 0 aliphatic carbocycles. The summed E-state index contributed by atoms with van der Waals surface area (Å²) in [6, 6.07) is 5.47. The molecule has 0 aromatic heterocycles. The van der Waals surface area contributed by atoms with E-state index in [0.717, 1.165) is 30.2 Å². The molecular formula is C16H17NO4S. The number of thioether (sulfide) groups is 1. The van der Waals surface area contributed by atoms with Crippen LogP contribution in [0, 0.1) is 5.92 Å². The molecule has 116 valence electrons. The molecule has 6 heteroatoms. The fourth-order valence-corrected chi connectivity index (χ4v) is 3.53. The first kappa shape index (κ1) is 15.1. The fourth-order valence-electron chi connectivity index (χ4n) is 2.51. The molecule has 1 aromatic rings. The summed E-state index contributed by atoms with van der Waals surface area (Å²) in [6.45, 7) is 0.798. The summed E-state index contributed by atoms with van der Waals surface area (Å²) in [7, 11) is 0. The molecule has 5 nitrogen and oxygen atoms in total. The second kappa shape index (κ2) is 6.54. The lowest BCUT2D eigenvalue weighted by atomic mass is 9.98. The van der Waals surface area contributed by atoms with E-state index < -0.39 is 5.92 Å². The van der Waals surface area contributed by atoms with E-state index in [4.69, 9.17) is 15.2 Å². The van der Waals surface area contributed by atoms with Crippen molar-refractivity contribution >= 4 is 28.7 Å². The number of carbonyl (C=O) groups excluding carboxylic acids is 2. The van der Waals surface area contributed by atoms with Crippen molar-refractivity contribution in [1.82, 2.24) is 0 Å². The summed E-state index contributed by atoms with van der Waals surface area (Å²) in [4.78, 5) is 24.8. The summed E-state index contributed by atoms with van der Waals surface area (Å²) < 4.78 is 10.6. The zero-order valence-electron chi connectivity index (χ0n) is 12.0. The van der Waals surface area contributed by atoms with Crippen LogP contribution in [0.25, 0.3) is 6.08 Å². The van der Waals surface area contributed by atoms with E-state index in [1.807, 2.05) is 12.1 Å². The van der Waals surface area contributed by atoms with Gasteiger partial charge in [0.1, 0.15) is 0 Å². The van der Waals surface area contributed by atoms with Crippen molar-refractivity contribution in [3.8, 4) is 11.5 Å². The topological polar surface area (TPSA) is 78.6 Å². The highest BCUT2D eigenvalue weighted by Gasteiger charge is 2.37. The molecule has 0 bridgehead atoms. The average molecular weight is 319 g/mol. The third-order valence-corrected chi connectivity index (χ3v) is 4.72. The average Bonchev–Trinajstić information content (AvgIpc) is 3.07. The number of carbonyl (C=O) groups is 2. The Morgan fingerprint density at radius 3 is 2.86 bits per heavy atom. The normalized spacial score (nSPS) is 21.9. The monoisotopic (exact) mass is 319 g/mol. The van der Waals surface area contributed by atoms with Gasteiger partial charge in [-0.15, -0.1) is 0 Å². The van der Waals surface area contributed by atoms with Crippen molar-refractivity contribution in [2.24, 2.45) is 11.7 Å². The molecule has 2 heterocycles. The van der Waals surface area contributed by atoms with Crippen LogP contribution in [0.1, 0.15) is 24.8 Å². The van der Waals surface area contributed by atoms with Crippen molar-refractivity contribution in [3.63, 3.8) is 0 Å². The second-order valence-electron chi connectivity index (χ2n) is 5.24. The predicted octanol–water partition coefficient (Wildman–Crippen LogP) is 2.34. The van der Waals surface area contributed by atoms with Gasteiger partial charge in [0.25, 0.3) is 0 Å². The smallest absolute Gasteiger partial charge is 0.231 e. The lowest BCUT2D eigenvalue weighted by Crippen LogP contribution is -2.14. The van der Waals surface area contributed by atoms with E-state index in [2.05, 4.69) is 0 Å². The molecule has 0 amide bonds. The lowest BCUT2D eigenvalue weighted by Gasteiger charge is -2.04. The van der Waals surface area contributed by atoms with E-state index in [1.165, 1.54) is 0 Å². The second-order valence-corrected chi connectivity index (χ2v) is 6.29. The van der Waals surface area contributed by atoms with Crippen LogP contribution in [0.3, 0.4) is 0 Å². The predicted molar refractivity (Wildman–Crippen MR) is 84.5 cm³/mol. The van der Waals surface area contributed by atoms with Crippen molar-refractivity contribution in [1.29, 1.82) is 0 Å². The Kier molecular flexibility index (Phi) is 4.49. The maximum atomic E-state index is 12.4. The maximum Gasteiger partial charge on any atom is 0.231 e. The van der Waals surface area contributed by atoms with Crippen LogP contribution in [0.15, 0.2) is 23.1 Å². The van der Waals surface area contributed by atoms with E-state index in [9.17, 15) is 9.59 Å². The summed E-state index contributed by atoms with van der Waals surface area (Å²) >= 11 is 1.04. The van der Waals surface area contributed by atoms with Gasteiger partial charge in [0.2, 0.25) is 11.9 Å². The number of Topliss-reactive ketones (excluding diaryl/α,β-unsaturated/α-hetero) is 1. The van der Waals surface area contributed by atoms with Gasteiger partial charge in [-0.3, -0.25) is 9.59 Å². The number of allylic oxidation sites excluding steroid dienone is 1. The number of ketones is 1. The first-order valence-corrected chi connectivity index (χ1v) is 8.08. The Hall–Kier alpha value is -1.79. The summed E-state index contributed by atoms with van der Waals surface area (Å²) in [5, 5.41) is -0.0611. The molecule has 2 aliphatic heterocycles. The first-order chi connectivity index (χ1) is 10.7. The third kappa shape index (κ3) is 3.03. The van der Waals surface area contributed by atoms with Gasteiger partial charge in [-0.2, -0.15) is 0 Å². The molecule has 2 aliphatic rings. The number of hydrogen-bond donors (Lipinski definition) is 1. The van der Waals surface area contributed by atoms with Crippen LogP contribution in [-0.4, -0.2) is 24.2 Å². The quantitative estimate of drug-likeness (QED) is 0.510. The van der Waals surface area contributed by atoms with Crippen LogP contribution in [0.4, 0.5) is 0 Å². The molecule has 0 spiro atoms. The molecule has 3 rings (SSSR count). The number of nitrogens with two attached hydrogens (primary N) is 1. The molecule has 1 unspecified atom stereocenters. The van der Waals surface area contributed by atoms with Crippen LogP contribution < -0.4 is 15.2 Å². The number of ether oxygens (including phenoxy) is 2. The number of benzene rings is 1. The molecule has 1 atom stereocenters. The zero-order valence-corrected chi connectivity index (χ0v) is 12.9. The van der Waals surface area contributed by atoms with Gasteiger partial charge >= 0.3 is 0 Å². The maximum absolute atomic E-state index is 12.4. The molecule has 1 saturated heterocycles. The number of rotatable bonds is 5. The number of fused-ring (bicyclic) bond motifs is 1. The van der Waals surface area contributed by atoms with Crippen LogP contribution in [0.2, 0.25) is 0 Å². The minimum Gasteiger partial charge on any atom is -0.454 e. The van der Waals surface area contributed by atoms with Gasteiger partial charge in [0.15, 0.2) is 17.3 Å². The zero-order chi connectivity index (χ0) is 15.5. The largest absolute Gasteiger partial charge is 0.454 e. The molecule has 1 aromatic carbocycles. The van der Waals surface area contributed by atoms with E-state index in [0.29, 0.717) is 29.4 Å². The van der Waals surface area contributed by atoms with Crippen molar-refractivity contribution < 1.29 is 19.1 Å². The van der Waals surface area contributed by atoms with Gasteiger partial charge in [-0.1, -0.05) is 12.5 Å². The van der Waals surface area contributed by atoms with Gasteiger partial charge in [0.05, 0.1) is 10.8 Å². The van der Waals surface area contributed by atoms with E-state index in [-0.39, 0.29) is 17.7 Å². The summed E-state index contributed by atoms with van der Waals surface area (Å²) in [5.74, 6) is 0.764. The minimum atomic E-state index is -0.517. The minimum absolute atomic E-state index is 0.0611. The van der Waals surface area contributed by atoms with Crippen LogP contribution in [-0.2, 0) is 9.59 Å². The molecule has 1 fully saturated rings. The molecule has 0 saturated carbocycles. The molecule has 0 radical (unpaired) electrons. The van der Waals surface area contributed by atoms with Crippen molar-refractivity contribution in [3.05, 3.63) is 28.7 Å². The van der Waals surface area contributed by atoms with E-state index in [1.54, 1.807) is 12.1 Å². The summed E-state index contributed by atoms with van der Waals surface area (Å²) in [5.41, 5.74) is 6.28. The Morgan fingerprint density at radius 2 is 2.05 bits per heavy atom. The van der Waals surface area contributed by atoms with E-state index >= 15 is 0 Å². The highest BCUT2D eigenvalue weighted by molar-refractivity contribution is 8.18. The van der Waals surface area contributed by atoms with Crippen LogP contribution >= 0.6 is 11.8 Å². The first-order valence-electron chi connectivity index (χ1n) is 7.26. The molecule has 2 N–H and O–H groups in total. The van der Waals surface area contributed by atoms with Gasteiger partial charge < -0.3 is 15.2 Å². The van der Waals surface area contributed by atoms with Crippen molar-refractivity contribution in [2.75, 3.05) is 13.3 Å². The fraction of sp³-hybridized carbons (Fsp3) is 0.375. The van der Waals surface area contributed by atoms with Gasteiger partial charge in [0, 0.05) is 0 Å². The summed E-state index contributed by atoms with van der Waals surface area (Å²) in [6.07, 6.45) is 3.97. The van der Waals surface area contributed by atoms with Crippen LogP contribution in [0.5, 0.6) is 11.5 Å².